The summed E-state index contributed by atoms with van der Waals surface area (Å²) in [5, 5.41) is 13.7. The second kappa shape index (κ2) is 4.35. The fraction of sp³-hybridized carbons (Fsp3) is 0.111. The second-order valence-corrected chi connectivity index (χ2v) is 4.96. The molecule has 2 aromatic rings. The van der Waals surface area contributed by atoms with Crippen LogP contribution in [0, 0.1) is 6.92 Å². The monoisotopic (exact) mass is 259 g/mol. The molecule has 1 heterocycles. The number of rotatable bonds is 2. The van der Waals surface area contributed by atoms with E-state index in [0.717, 1.165) is 15.8 Å². The summed E-state index contributed by atoms with van der Waals surface area (Å²) in [6, 6.07) is 5.24. The van der Waals surface area contributed by atoms with Crippen molar-refractivity contribution in [3.63, 3.8) is 0 Å². The molecule has 0 amide bonds. The zero-order valence-electron chi connectivity index (χ0n) is 7.79. The first kappa shape index (κ1) is 10.7. The number of anilines is 2. The summed E-state index contributed by atoms with van der Waals surface area (Å²) in [6.45, 7) is 1.90. The molecule has 1 N–H and O–H groups in total. The molecule has 6 heteroatoms. The van der Waals surface area contributed by atoms with Crippen LogP contribution in [0.25, 0.3) is 0 Å². The van der Waals surface area contributed by atoms with Crippen LogP contribution < -0.4 is 5.32 Å². The van der Waals surface area contributed by atoms with Gasteiger partial charge in [-0.3, -0.25) is 0 Å². The molecule has 1 aromatic carbocycles. The third-order valence-electron chi connectivity index (χ3n) is 1.64. The fourth-order valence-corrected chi connectivity index (χ4v) is 2.23. The summed E-state index contributed by atoms with van der Waals surface area (Å²) in [5.41, 5.74) is 0.809. The molecule has 0 unspecified atom stereocenters. The lowest BCUT2D eigenvalue weighted by Gasteiger charge is -2.02. The molecule has 0 saturated heterocycles. The van der Waals surface area contributed by atoms with E-state index < -0.39 is 0 Å². The van der Waals surface area contributed by atoms with Crippen molar-refractivity contribution in [1.29, 1.82) is 0 Å². The highest BCUT2D eigenvalue weighted by molar-refractivity contribution is 7.15. The Morgan fingerprint density at radius 3 is 2.33 bits per heavy atom. The Labute approximate surface area is 101 Å². The molecule has 3 nitrogen and oxygen atoms in total. The molecule has 2 rings (SSSR count). The molecular formula is C9H7Cl2N3S. The van der Waals surface area contributed by atoms with Crippen LogP contribution in [-0.2, 0) is 0 Å². The Bertz CT molecular complexity index is 464. The van der Waals surface area contributed by atoms with E-state index in [1.807, 2.05) is 6.92 Å². The van der Waals surface area contributed by atoms with Crippen molar-refractivity contribution >= 4 is 45.4 Å². The van der Waals surface area contributed by atoms with Gasteiger partial charge in [-0.1, -0.05) is 34.5 Å². The third kappa shape index (κ3) is 2.81. The lowest BCUT2D eigenvalue weighted by molar-refractivity contribution is 1.05. The van der Waals surface area contributed by atoms with Gasteiger partial charge in [0.2, 0.25) is 5.13 Å². The summed E-state index contributed by atoms with van der Waals surface area (Å²) in [4.78, 5) is 0. The van der Waals surface area contributed by atoms with Gasteiger partial charge < -0.3 is 5.32 Å². The van der Waals surface area contributed by atoms with Crippen LogP contribution in [0.1, 0.15) is 5.01 Å². The first-order valence-electron chi connectivity index (χ1n) is 4.17. The number of benzene rings is 1. The van der Waals surface area contributed by atoms with Gasteiger partial charge in [-0.05, 0) is 25.1 Å². The summed E-state index contributed by atoms with van der Waals surface area (Å²) in [6.07, 6.45) is 0. The van der Waals surface area contributed by atoms with Gasteiger partial charge in [0.15, 0.2) is 0 Å². The second-order valence-electron chi connectivity index (χ2n) is 2.91. The molecule has 15 heavy (non-hydrogen) atoms. The number of hydrogen-bond donors (Lipinski definition) is 1. The van der Waals surface area contributed by atoms with Crippen LogP contribution in [0.15, 0.2) is 18.2 Å². The molecule has 0 aliphatic carbocycles. The molecule has 0 aliphatic heterocycles. The zero-order valence-corrected chi connectivity index (χ0v) is 10.1. The molecule has 0 aliphatic rings. The lowest BCUT2D eigenvalue weighted by Crippen LogP contribution is -1.89. The average Bonchev–Trinajstić information content (AvgIpc) is 2.49. The minimum Gasteiger partial charge on any atom is -0.330 e. The Morgan fingerprint density at radius 1 is 1.13 bits per heavy atom. The van der Waals surface area contributed by atoms with Crippen molar-refractivity contribution in [2.75, 3.05) is 5.32 Å². The number of nitrogens with one attached hydrogen (secondary N) is 1. The van der Waals surface area contributed by atoms with Crippen LogP contribution in [0.4, 0.5) is 10.8 Å². The Balaban J connectivity index is 2.24. The number of aryl methyl sites for hydroxylation is 1. The van der Waals surface area contributed by atoms with Gasteiger partial charge in [0.25, 0.3) is 0 Å². The normalized spacial score (nSPS) is 10.3. The Hall–Kier alpha value is -0.840. The van der Waals surface area contributed by atoms with Gasteiger partial charge in [0.1, 0.15) is 5.01 Å². The van der Waals surface area contributed by atoms with Crippen LogP contribution in [0.3, 0.4) is 0 Å². The van der Waals surface area contributed by atoms with E-state index in [1.165, 1.54) is 11.3 Å². The fourth-order valence-electron chi connectivity index (χ4n) is 1.10. The van der Waals surface area contributed by atoms with Crippen molar-refractivity contribution in [1.82, 2.24) is 10.2 Å². The quantitative estimate of drug-likeness (QED) is 0.889. The van der Waals surface area contributed by atoms with Crippen LogP contribution in [-0.4, -0.2) is 10.2 Å². The maximum Gasteiger partial charge on any atom is 0.210 e. The van der Waals surface area contributed by atoms with E-state index in [0.29, 0.717) is 10.0 Å². The number of nitrogens with zero attached hydrogens (tertiary/aromatic N) is 2. The molecule has 0 bridgehead atoms. The maximum absolute atomic E-state index is 5.86. The first-order chi connectivity index (χ1) is 7.13. The molecule has 0 atom stereocenters. The highest BCUT2D eigenvalue weighted by Gasteiger charge is 2.02. The summed E-state index contributed by atoms with van der Waals surface area (Å²) in [7, 11) is 0. The highest BCUT2D eigenvalue weighted by Crippen LogP contribution is 2.26. The number of halogens is 2. The molecule has 0 radical (unpaired) electrons. The van der Waals surface area contributed by atoms with E-state index in [9.17, 15) is 0 Å². The van der Waals surface area contributed by atoms with Gasteiger partial charge in [-0.25, -0.2) is 0 Å². The topological polar surface area (TPSA) is 37.8 Å². The molecule has 1 aromatic heterocycles. The predicted octanol–water partition coefficient (Wildman–Crippen LogP) is 3.90. The first-order valence-corrected chi connectivity index (χ1v) is 5.74. The van der Waals surface area contributed by atoms with Crippen LogP contribution in [0.2, 0.25) is 10.0 Å². The molecule has 0 fully saturated rings. The predicted molar refractivity (Wildman–Crippen MR) is 64.4 cm³/mol. The summed E-state index contributed by atoms with van der Waals surface area (Å²) >= 11 is 13.2. The lowest BCUT2D eigenvalue weighted by atomic mass is 10.3. The van der Waals surface area contributed by atoms with Gasteiger partial charge in [-0.15, -0.1) is 10.2 Å². The van der Waals surface area contributed by atoms with Crippen molar-refractivity contribution < 1.29 is 0 Å². The highest BCUT2D eigenvalue weighted by atomic mass is 35.5. The van der Waals surface area contributed by atoms with Crippen LogP contribution >= 0.6 is 34.5 Å². The van der Waals surface area contributed by atoms with Crippen molar-refractivity contribution in [3.05, 3.63) is 33.3 Å². The summed E-state index contributed by atoms with van der Waals surface area (Å²) in [5.74, 6) is 0. The van der Waals surface area contributed by atoms with E-state index >= 15 is 0 Å². The van der Waals surface area contributed by atoms with Gasteiger partial charge >= 0.3 is 0 Å². The number of aromatic nitrogens is 2. The van der Waals surface area contributed by atoms with Gasteiger partial charge in [0.05, 0.1) is 0 Å². The molecule has 0 saturated carbocycles. The molecule has 0 spiro atoms. The SMILES string of the molecule is Cc1nnc(Nc2cc(Cl)cc(Cl)c2)s1. The zero-order chi connectivity index (χ0) is 10.8. The molecule has 78 valence electrons. The Morgan fingerprint density at radius 2 is 1.80 bits per heavy atom. The minimum absolute atomic E-state index is 0.589. The van der Waals surface area contributed by atoms with E-state index in [4.69, 9.17) is 23.2 Å². The van der Waals surface area contributed by atoms with Crippen molar-refractivity contribution in [2.45, 2.75) is 6.92 Å². The van der Waals surface area contributed by atoms with Crippen molar-refractivity contribution in [2.24, 2.45) is 0 Å². The van der Waals surface area contributed by atoms with Crippen LogP contribution in [0.5, 0.6) is 0 Å². The van der Waals surface area contributed by atoms with E-state index in [2.05, 4.69) is 15.5 Å². The van der Waals surface area contributed by atoms with E-state index in [1.54, 1.807) is 18.2 Å². The maximum atomic E-state index is 5.86. The smallest absolute Gasteiger partial charge is 0.210 e. The summed E-state index contributed by atoms with van der Waals surface area (Å²) < 4.78 is 0. The van der Waals surface area contributed by atoms with Gasteiger partial charge in [-0.2, -0.15) is 0 Å². The Kier molecular flexibility index (Phi) is 3.09. The van der Waals surface area contributed by atoms with E-state index in [-0.39, 0.29) is 0 Å². The largest absolute Gasteiger partial charge is 0.330 e. The molecular weight excluding hydrogens is 253 g/mol. The van der Waals surface area contributed by atoms with Gasteiger partial charge in [0, 0.05) is 15.7 Å². The third-order valence-corrected chi connectivity index (χ3v) is 2.83. The van der Waals surface area contributed by atoms with Crippen molar-refractivity contribution in [3.8, 4) is 0 Å². The standard InChI is InChI=1S/C9H7Cl2N3S/c1-5-13-14-9(15-5)12-8-3-6(10)2-7(11)4-8/h2-4H,1H3,(H,12,14). The number of hydrogen-bond acceptors (Lipinski definition) is 4. The average molecular weight is 260 g/mol. The minimum atomic E-state index is 0.589.